The Bertz CT molecular complexity index is 664. The molecule has 2 aromatic rings. The van der Waals surface area contributed by atoms with Crippen molar-refractivity contribution >= 4 is 12.5 Å². The summed E-state index contributed by atoms with van der Waals surface area (Å²) in [5.74, 6) is 0. The van der Waals surface area contributed by atoms with Crippen LogP contribution in [0.2, 0.25) is 0 Å². The lowest BCUT2D eigenvalue weighted by atomic mass is 9.96. The third kappa shape index (κ3) is 2.23. The van der Waals surface area contributed by atoms with Crippen LogP contribution in [0.25, 0.3) is 0 Å². The zero-order chi connectivity index (χ0) is 13.8. The predicted octanol–water partition coefficient (Wildman–Crippen LogP) is 2.53. The Morgan fingerprint density at radius 2 is 1.95 bits per heavy atom. The van der Waals surface area contributed by atoms with Gasteiger partial charge >= 0.3 is 0 Å². The maximum absolute atomic E-state index is 10.6. The van der Waals surface area contributed by atoms with E-state index < -0.39 is 0 Å². The second-order valence-corrected chi connectivity index (χ2v) is 4.39. The first-order valence-corrected chi connectivity index (χ1v) is 6.34. The van der Waals surface area contributed by atoms with Crippen LogP contribution in [0.3, 0.4) is 0 Å². The number of pyridine rings is 1. The molecule has 0 radical (unpaired) electrons. The van der Waals surface area contributed by atoms with Crippen LogP contribution < -0.4 is 0 Å². The first-order valence-electron chi connectivity index (χ1n) is 6.34. The number of rotatable bonds is 3. The van der Waals surface area contributed by atoms with Gasteiger partial charge in [-0.05, 0) is 23.8 Å². The third-order valence-electron chi connectivity index (χ3n) is 3.17. The van der Waals surface area contributed by atoms with Crippen molar-refractivity contribution in [1.82, 2.24) is 9.99 Å². The molecule has 1 atom stereocenters. The summed E-state index contributed by atoms with van der Waals surface area (Å²) in [6.45, 7) is 0. The monoisotopic (exact) mass is 263 g/mol. The smallest absolute Gasteiger partial charge is 0.144 e. The molecule has 2 heterocycles. The second-order valence-electron chi connectivity index (χ2n) is 4.39. The fraction of sp³-hybridized carbons (Fsp3) is 0.0625. The Balaban J connectivity index is 2.11. The van der Waals surface area contributed by atoms with Crippen molar-refractivity contribution in [2.75, 3.05) is 0 Å². The van der Waals surface area contributed by atoms with Gasteiger partial charge in [0.2, 0.25) is 0 Å². The van der Waals surface area contributed by atoms with Gasteiger partial charge in [-0.1, -0.05) is 30.3 Å². The van der Waals surface area contributed by atoms with Gasteiger partial charge in [0.15, 0.2) is 0 Å². The van der Waals surface area contributed by atoms with Crippen LogP contribution in [0.15, 0.2) is 66.0 Å². The van der Waals surface area contributed by atoms with E-state index in [1.54, 1.807) is 23.6 Å². The van der Waals surface area contributed by atoms with Crippen LogP contribution in [-0.4, -0.2) is 22.5 Å². The molecule has 4 nitrogen and oxygen atoms in total. The van der Waals surface area contributed by atoms with Crippen molar-refractivity contribution in [2.24, 2.45) is 5.10 Å². The average Bonchev–Trinajstić information content (AvgIpc) is 2.53. The van der Waals surface area contributed by atoms with Gasteiger partial charge in [-0.25, -0.2) is 0 Å². The summed E-state index contributed by atoms with van der Waals surface area (Å²) in [6, 6.07) is 13.7. The molecular weight excluding hydrogens is 250 g/mol. The summed E-state index contributed by atoms with van der Waals surface area (Å²) in [5, 5.41) is 6.14. The van der Waals surface area contributed by atoms with Crippen molar-refractivity contribution in [3.63, 3.8) is 0 Å². The first-order chi connectivity index (χ1) is 9.90. The summed E-state index contributed by atoms with van der Waals surface area (Å²) < 4.78 is 0. The molecule has 1 aromatic carbocycles. The van der Waals surface area contributed by atoms with E-state index >= 15 is 0 Å². The molecule has 0 saturated heterocycles. The highest BCUT2D eigenvalue weighted by Crippen LogP contribution is 2.32. The Kier molecular flexibility index (Phi) is 3.37. The predicted molar refractivity (Wildman–Crippen MR) is 77.2 cm³/mol. The quantitative estimate of drug-likeness (QED) is 0.631. The van der Waals surface area contributed by atoms with Crippen LogP contribution in [0.1, 0.15) is 22.9 Å². The van der Waals surface area contributed by atoms with Gasteiger partial charge in [0, 0.05) is 18.0 Å². The highest BCUT2D eigenvalue weighted by Gasteiger charge is 2.25. The minimum absolute atomic E-state index is 0.117. The summed E-state index contributed by atoms with van der Waals surface area (Å²) in [4.78, 5) is 15.0. The second kappa shape index (κ2) is 5.48. The number of benzene rings is 1. The van der Waals surface area contributed by atoms with E-state index in [4.69, 9.17) is 0 Å². The molecular formula is C16H13N3O. The lowest BCUT2D eigenvalue weighted by Crippen LogP contribution is -2.25. The van der Waals surface area contributed by atoms with E-state index in [0.29, 0.717) is 0 Å². The van der Waals surface area contributed by atoms with Gasteiger partial charge < -0.3 is 0 Å². The van der Waals surface area contributed by atoms with Gasteiger partial charge in [-0.3, -0.25) is 14.8 Å². The molecule has 0 spiro atoms. The van der Waals surface area contributed by atoms with Gasteiger partial charge in [0.05, 0.1) is 11.9 Å². The molecule has 4 heteroatoms. The molecule has 0 fully saturated rings. The molecule has 3 rings (SSSR count). The number of carbonyl (C=O) groups excluding carboxylic acids is 1. The maximum atomic E-state index is 10.6. The van der Waals surface area contributed by atoms with Gasteiger partial charge in [0.1, 0.15) is 12.3 Å². The van der Waals surface area contributed by atoms with Crippen molar-refractivity contribution in [1.29, 1.82) is 0 Å². The number of aldehydes is 1. The van der Waals surface area contributed by atoms with Crippen molar-refractivity contribution in [2.45, 2.75) is 6.04 Å². The molecule has 1 aromatic heterocycles. The van der Waals surface area contributed by atoms with Gasteiger partial charge in [-0.15, -0.1) is 0 Å². The van der Waals surface area contributed by atoms with E-state index in [1.165, 1.54) is 6.08 Å². The SMILES string of the molecule is O=CC=CN1N=Cc2ccccc2C1c1ccccn1. The average molecular weight is 263 g/mol. The van der Waals surface area contributed by atoms with Crippen LogP contribution in [0.5, 0.6) is 0 Å². The van der Waals surface area contributed by atoms with E-state index in [2.05, 4.69) is 16.2 Å². The highest BCUT2D eigenvalue weighted by molar-refractivity contribution is 5.83. The summed E-state index contributed by atoms with van der Waals surface area (Å²) in [5.41, 5.74) is 3.09. The fourth-order valence-corrected chi connectivity index (χ4v) is 2.30. The van der Waals surface area contributed by atoms with Crippen molar-refractivity contribution in [3.8, 4) is 0 Å². The topological polar surface area (TPSA) is 45.6 Å². The minimum atomic E-state index is -0.117. The molecule has 1 unspecified atom stereocenters. The lowest BCUT2D eigenvalue weighted by molar-refractivity contribution is -0.104. The van der Waals surface area contributed by atoms with Crippen LogP contribution in [-0.2, 0) is 4.79 Å². The van der Waals surface area contributed by atoms with Crippen LogP contribution in [0.4, 0.5) is 0 Å². The zero-order valence-electron chi connectivity index (χ0n) is 10.8. The summed E-state index contributed by atoms with van der Waals surface area (Å²) >= 11 is 0. The summed E-state index contributed by atoms with van der Waals surface area (Å²) in [6.07, 6.45) is 7.40. The summed E-state index contributed by atoms with van der Waals surface area (Å²) in [7, 11) is 0. The molecule has 0 bridgehead atoms. The third-order valence-corrected chi connectivity index (χ3v) is 3.17. The van der Waals surface area contributed by atoms with E-state index in [1.807, 2.05) is 36.4 Å². The number of hydrogen-bond donors (Lipinski definition) is 0. The van der Waals surface area contributed by atoms with Crippen molar-refractivity contribution in [3.05, 3.63) is 77.8 Å². The molecule has 0 saturated carbocycles. The lowest BCUT2D eigenvalue weighted by Gasteiger charge is -2.30. The van der Waals surface area contributed by atoms with E-state index in [9.17, 15) is 4.79 Å². The number of aromatic nitrogens is 1. The molecule has 20 heavy (non-hydrogen) atoms. The fourth-order valence-electron chi connectivity index (χ4n) is 2.30. The molecule has 1 aliphatic rings. The Labute approximate surface area is 117 Å². The Morgan fingerprint density at radius 3 is 2.75 bits per heavy atom. The normalized spacial score (nSPS) is 17.2. The largest absolute Gasteiger partial charge is 0.299 e. The van der Waals surface area contributed by atoms with E-state index in [0.717, 1.165) is 23.1 Å². The van der Waals surface area contributed by atoms with Crippen LogP contribution in [0, 0.1) is 0 Å². The van der Waals surface area contributed by atoms with Crippen LogP contribution >= 0.6 is 0 Å². The standard InChI is InChI=1S/C16H13N3O/c20-11-5-10-19-16(15-8-3-4-9-17-15)14-7-2-1-6-13(14)12-18-19/h1-12,16H. The number of fused-ring (bicyclic) bond motifs is 1. The van der Waals surface area contributed by atoms with Gasteiger partial charge in [-0.2, -0.15) is 5.10 Å². The molecule has 0 amide bonds. The van der Waals surface area contributed by atoms with Crippen molar-refractivity contribution < 1.29 is 4.79 Å². The van der Waals surface area contributed by atoms with Gasteiger partial charge in [0.25, 0.3) is 0 Å². The Morgan fingerprint density at radius 1 is 1.10 bits per heavy atom. The zero-order valence-corrected chi connectivity index (χ0v) is 10.8. The number of hydrogen-bond acceptors (Lipinski definition) is 4. The molecule has 0 aliphatic carbocycles. The first kappa shape index (κ1) is 12.3. The van der Waals surface area contributed by atoms with E-state index in [-0.39, 0.29) is 6.04 Å². The maximum Gasteiger partial charge on any atom is 0.144 e. The highest BCUT2D eigenvalue weighted by atomic mass is 16.1. The molecule has 98 valence electrons. The number of nitrogens with zero attached hydrogens (tertiary/aromatic N) is 3. The molecule has 1 aliphatic heterocycles. The Hall–Kier alpha value is -2.75. The number of hydrazone groups is 1. The minimum Gasteiger partial charge on any atom is -0.299 e. The molecule has 0 N–H and O–H groups in total. The number of allylic oxidation sites excluding steroid dienone is 1. The number of carbonyl (C=O) groups is 1.